The minimum absolute atomic E-state index is 0.561. The summed E-state index contributed by atoms with van der Waals surface area (Å²) in [6.45, 7) is 0. The summed E-state index contributed by atoms with van der Waals surface area (Å²) in [7, 11) is 0. The molecule has 0 aliphatic heterocycles. The largest absolute Gasteiger partial charge is 0.309 e. The van der Waals surface area contributed by atoms with Crippen molar-refractivity contribution in [2.45, 2.75) is 0 Å². The van der Waals surface area contributed by atoms with Gasteiger partial charge in [0.15, 0.2) is 11.6 Å². The van der Waals surface area contributed by atoms with Crippen molar-refractivity contribution in [2.24, 2.45) is 0 Å². The summed E-state index contributed by atoms with van der Waals surface area (Å²) in [6, 6.07) is 84.7. The predicted octanol–water partition coefficient (Wildman–Crippen LogP) is 16.2. The molecule has 5 nitrogen and oxygen atoms in total. The van der Waals surface area contributed by atoms with Crippen LogP contribution in [0.3, 0.4) is 0 Å². The van der Waals surface area contributed by atoms with Gasteiger partial charge in [0.2, 0.25) is 5.95 Å². The fourth-order valence-corrected chi connectivity index (χ4v) is 10.6. The molecule has 0 unspecified atom stereocenters. The van der Waals surface area contributed by atoms with E-state index in [4.69, 9.17) is 15.0 Å². The van der Waals surface area contributed by atoms with Gasteiger partial charge in [-0.1, -0.05) is 188 Å². The Bertz CT molecular complexity index is 4280. The lowest BCUT2D eigenvalue weighted by Crippen LogP contribution is -2.06. The van der Waals surface area contributed by atoms with Gasteiger partial charge in [0.1, 0.15) is 0 Å². The Morgan fingerprint density at radius 2 is 0.676 bits per heavy atom. The molecule has 0 radical (unpaired) electrons. The molecule has 0 spiro atoms. The average Bonchev–Trinajstić information content (AvgIpc) is 3.92. The third-order valence-electron chi connectivity index (χ3n) is 13.7. The highest BCUT2D eigenvalue weighted by molar-refractivity contribution is 6.26. The second-order valence-corrected chi connectivity index (χ2v) is 17.6. The molecule has 0 amide bonds. The van der Waals surface area contributed by atoms with Crippen LogP contribution in [0.5, 0.6) is 0 Å². The Labute approximate surface area is 391 Å². The monoisotopic (exact) mass is 865 g/mol. The molecule has 3 aromatic heterocycles. The Kier molecular flexibility index (Phi) is 8.52. The van der Waals surface area contributed by atoms with Gasteiger partial charge in [-0.05, 0) is 103 Å². The van der Waals surface area contributed by atoms with Gasteiger partial charge in [-0.15, -0.1) is 0 Å². The Morgan fingerprint density at radius 3 is 1.34 bits per heavy atom. The van der Waals surface area contributed by atoms with E-state index in [0.717, 1.165) is 66.3 Å². The van der Waals surface area contributed by atoms with E-state index < -0.39 is 0 Å². The van der Waals surface area contributed by atoms with Crippen molar-refractivity contribution in [3.8, 4) is 56.7 Å². The van der Waals surface area contributed by atoms with E-state index >= 15 is 0 Å². The quantitative estimate of drug-likeness (QED) is 0.156. The lowest BCUT2D eigenvalue weighted by molar-refractivity contribution is 0.953. The fraction of sp³-hybridized carbons (Fsp3) is 0. The summed E-state index contributed by atoms with van der Waals surface area (Å²) >= 11 is 0. The molecule has 5 heteroatoms. The number of aromatic nitrogens is 5. The highest BCUT2D eigenvalue weighted by Gasteiger charge is 2.22. The zero-order chi connectivity index (χ0) is 44.7. The van der Waals surface area contributed by atoms with E-state index in [-0.39, 0.29) is 0 Å². The lowest BCUT2D eigenvalue weighted by Gasteiger charge is -2.14. The molecule has 0 saturated heterocycles. The molecule has 316 valence electrons. The van der Waals surface area contributed by atoms with E-state index in [2.05, 4.69) is 221 Å². The number of nitrogens with zero attached hydrogens (tertiary/aromatic N) is 5. The molecule has 11 aromatic carbocycles. The third-order valence-corrected chi connectivity index (χ3v) is 13.7. The molecular formula is C63H39N5. The number of fused-ring (bicyclic) bond motifs is 12. The van der Waals surface area contributed by atoms with Crippen LogP contribution in [-0.4, -0.2) is 24.1 Å². The lowest BCUT2D eigenvalue weighted by atomic mass is 9.92. The van der Waals surface area contributed by atoms with Gasteiger partial charge in [0.05, 0.1) is 22.1 Å². The maximum absolute atomic E-state index is 5.35. The Morgan fingerprint density at radius 1 is 0.221 bits per heavy atom. The first-order chi connectivity index (χ1) is 33.7. The average molecular weight is 866 g/mol. The summed E-state index contributed by atoms with van der Waals surface area (Å²) in [5.74, 6) is 1.79. The molecule has 0 aliphatic rings. The first kappa shape index (κ1) is 38.1. The van der Waals surface area contributed by atoms with E-state index in [1.807, 2.05) is 24.3 Å². The molecule has 14 aromatic rings. The van der Waals surface area contributed by atoms with Crippen molar-refractivity contribution in [2.75, 3.05) is 0 Å². The zero-order valence-electron chi connectivity index (χ0n) is 36.8. The highest BCUT2D eigenvalue weighted by Crippen LogP contribution is 2.42. The van der Waals surface area contributed by atoms with Crippen LogP contribution in [0, 0.1) is 0 Å². The molecule has 0 fully saturated rings. The minimum atomic E-state index is 0.561. The first-order valence-corrected chi connectivity index (χ1v) is 23.1. The fourth-order valence-electron chi connectivity index (χ4n) is 10.6. The number of rotatable bonds is 6. The van der Waals surface area contributed by atoms with Gasteiger partial charge >= 0.3 is 0 Å². The minimum Gasteiger partial charge on any atom is -0.309 e. The molecule has 3 heterocycles. The van der Waals surface area contributed by atoms with Crippen LogP contribution in [0.15, 0.2) is 237 Å². The normalized spacial score (nSPS) is 11.8. The van der Waals surface area contributed by atoms with E-state index in [1.165, 1.54) is 48.7 Å². The zero-order valence-corrected chi connectivity index (χ0v) is 36.8. The van der Waals surface area contributed by atoms with Gasteiger partial charge in [-0.25, -0.2) is 4.98 Å². The van der Waals surface area contributed by atoms with E-state index in [9.17, 15) is 0 Å². The van der Waals surface area contributed by atoms with Crippen LogP contribution in [0.2, 0.25) is 0 Å². The Hall–Kier alpha value is -9.19. The number of hydrogen-bond donors (Lipinski definition) is 0. The van der Waals surface area contributed by atoms with Gasteiger partial charge in [0.25, 0.3) is 0 Å². The third kappa shape index (κ3) is 5.99. The smallest absolute Gasteiger partial charge is 0.238 e. The van der Waals surface area contributed by atoms with Crippen LogP contribution in [0.25, 0.3) is 133 Å². The van der Waals surface area contributed by atoms with Crippen molar-refractivity contribution >= 4 is 75.9 Å². The van der Waals surface area contributed by atoms with Gasteiger partial charge in [0, 0.05) is 38.4 Å². The Balaban J connectivity index is 0.988. The SMILES string of the molecule is c1ccc(-c2cccc(-c3nc(-c4ccccc4)nc(-n4c5ccccc5c5cc6c7ccccc7n(-c7cccc(-c8ccc9c%10ccccc%10c%10ccccc%10c9c8)c7)c6cc54)n3)c2)cc1. The van der Waals surface area contributed by atoms with Crippen LogP contribution in [0.4, 0.5) is 0 Å². The van der Waals surface area contributed by atoms with Crippen molar-refractivity contribution in [3.63, 3.8) is 0 Å². The van der Waals surface area contributed by atoms with Gasteiger partial charge in [-0.3, -0.25) is 4.57 Å². The number of hydrogen-bond acceptors (Lipinski definition) is 3. The van der Waals surface area contributed by atoms with Crippen molar-refractivity contribution in [1.29, 1.82) is 0 Å². The van der Waals surface area contributed by atoms with Crippen molar-refractivity contribution in [3.05, 3.63) is 237 Å². The maximum atomic E-state index is 5.35. The van der Waals surface area contributed by atoms with Crippen LogP contribution < -0.4 is 0 Å². The number of benzene rings is 11. The molecule has 0 bridgehead atoms. The summed E-state index contributed by atoms with van der Waals surface area (Å²) in [4.78, 5) is 15.8. The standard InChI is InChI=1S/C63H39N5/c1-3-17-40(18-4-1)42-21-15-23-45(35-42)62-64-61(41-19-5-2-6-20-41)65-63(66-62)68-58-32-14-12-30-53(58)56-38-55-52-29-11-13-31-57(52)67(59(55)39-60(56)68)46-24-16-22-43(36-46)44-33-34-51-49-27-8-7-25-47(49)48-26-9-10-28-50(48)54(51)37-44/h1-39H. The number of para-hydroxylation sites is 2. The first-order valence-electron chi connectivity index (χ1n) is 23.1. The maximum Gasteiger partial charge on any atom is 0.238 e. The highest BCUT2D eigenvalue weighted by atomic mass is 15.2. The molecule has 0 N–H and O–H groups in total. The molecule has 0 saturated carbocycles. The van der Waals surface area contributed by atoms with Crippen LogP contribution in [-0.2, 0) is 0 Å². The van der Waals surface area contributed by atoms with Crippen LogP contribution >= 0.6 is 0 Å². The van der Waals surface area contributed by atoms with Gasteiger partial charge in [-0.2, -0.15) is 9.97 Å². The van der Waals surface area contributed by atoms with E-state index in [1.54, 1.807) is 0 Å². The van der Waals surface area contributed by atoms with Gasteiger partial charge < -0.3 is 4.57 Å². The summed E-state index contributed by atoms with van der Waals surface area (Å²) in [5, 5.41) is 12.3. The summed E-state index contributed by atoms with van der Waals surface area (Å²) in [6.07, 6.45) is 0. The molecule has 0 atom stereocenters. The van der Waals surface area contributed by atoms with Crippen molar-refractivity contribution in [1.82, 2.24) is 24.1 Å². The second kappa shape index (κ2) is 15.2. The van der Waals surface area contributed by atoms with Crippen molar-refractivity contribution < 1.29 is 0 Å². The second-order valence-electron chi connectivity index (χ2n) is 17.6. The summed E-state index contributed by atoms with van der Waals surface area (Å²) < 4.78 is 4.65. The molecular weight excluding hydrogens is 827 g/mol. The topological polar surface area (TPSA) is 48.5 Å². The molecule has 14 rings (SSSR count). The molecule has 0 aliphatic carbocycles. The predicted molar refractivity (Wildman–Crippen MR) is 283 cm³/mol. The van der Waals surface area contributed by atoms with Crippen LogP contribution in [0.1, 0.15) is 0 Å². The summed E-state index contributed by atoms with van der Waals surface area (Å²) in [5.41, 5.74) is 11.8. The van der Waals surface area contributed by atoms with E-state index in [0.29, 0.717) is 17.6 Å². The molecule has 68 heavy (non-hydrogen) atoms.